The van der Waals surface area contributed by atoms with Gasteiger partial charge in [-0.05, 0) is 6.26 Å². The molecule has 23 heteroatoms. The Morgan fingerprint density at radius 1 is 1.00 bits per heavy atom. The van der Waals surface area contributed by atoms with Crippen molar-refractivity contribution in [2.24, 2.45) is 0 Å². The summed E-state index contributed by atoms with van der Waals surface area (Å²) in [6, 6.07) is -0.636. The van der Waals surface area contributed by atoms with E-state index in [4.69, 9.17) is 32.7 Å². The number of aromatic nitrogens is 2. The van der Waals surface area contributed by atoms with E-state index in [9.17, 15) is 48.4 Å². The Hall–Kier alpha value is -2.79. The van der Waals surface area contributed by atoms with Gasteiger partial charge < -0.3 is 44.1 Å². The number of hydrogen-bond acceptors (Lipinski definition) is 18. The summed E-state index contributed by atoms with van der Waals surface area (Å²) in [7, 11) is -2.52. The molecule has 2 saturated heterocycles. The van der Waals surface area contributed by atoms with E-state index in [0.717, 1.165) is 37.6 Å². The first kappa shape index (κ1) is 39.6. The lowest BCUT2D eigenvalue weighted by Gasteiger charge is -2.45. The van der Waals surface area contributed by atoms with Gasteiger partial charge in [0.1, 0.15) is 37.1 Å². The number of nitrogens with one attached hydrogen (secondary N) is 2. The van der Waals surface area contributed by atoms with Crippen molar-refractivity contribution in [2.75, 3.05) is 25.2 Å². The van der Waals surface area contributed by atoms with Gasteiger partial charge >= 0.3 is 31.4 Å². The molecule has 1 aromatic rings. The van der Waals surface area contributed by atoms with Crippen LogP contribution >= 0.6 is 29.4 Å². The van der Waals surface area contributed by atoms with Crippen LogP contribution < -0.4 is 16.6 Å². The summed E-state index contributed by atoms with van der Waals surface area (Å²) in [4.78, 5) is 84.8. The molecule has 0 aliphatic carbocycles. The number of aliphatic hydroxyl groups is 2. The topological polar surface area (TPSA) is 278 Å². The zero-order valence-electron chi connectivity index (χ0n) is 25.9. The maximum atomic E-state index is 13.2. The fourth-order valence-corrected chi connectivity index (χ4v) is 6.70. The monoisotopic (exact) mass is 745 g/mol. The van der Waals surface area contributed by atoms with E-state index in [1.807, 2.05) is 4.98 Å². The van der Waals surface area contributed by atoms with Crippen molar-refractivity contribution < 1.29 is 71.6 Å². The van der Waals surface area contributed by atoms with Gasteiger partial charge in [-0.1, -0.05) is 21.6 Å². The average Bonchev–Trinajstić information content (AvgIpc) is 3.26. The number of nitrogens with zero attached hydrogens (tertiary/aromatic N) is 1. The van der Waals surface area contributed by atoms with Gasteiger partial charge in [0, 0.05) is 45.2 Å². The lowest BCUT2D eigenvalue weighted by Crippen LogP contribution is -2.66. The number of carbonyl (C=O) groups is 4. The highest BCUT2D eigenvalue weighted by atomic mass is 33.1. The first-order valence-corrected chi connectivity index (χ1v) is 18.3. The van der Waals surface area contributed by atoms with Crippen molar-refractivity contribution in [3.63, 3.8) is 0 Å². The summed E-state index contributed by atoms with van der Waals surface area (Å²) < 4.78 is 51.2. The quantitative estimate of drug-likeness (QED) is 0.0441. The molecule has 3 rings (SSSR count). The highest BCUT2D eigenvalue weighted by molar-refractivity contribution is 8.76. The molecular formula is C25H36N3O17PS2. The number of H-pyrrole nitrogens is 1. The minimum atomic E-state index is -5.28. The fourth-order valence-electron chi connectivity index (χ4n) is 4.68. The van der Waals surface area contributed by atoms with Gasteiger partial charge in [0.2, 0.25) is 5.91 Å². The standard InChI is InChI=1S/C25H36N3O17PS2/c1-11(29)39-9-15-21(41-12(2)30)22(42-13(3)31)18(26-17(33)6-8-48-47-4)24(44-15)45-46(37,38)40-10-14-19(34)20(35)23(43-14)28-7-5-16(32)27-25(28)36/h5,7,14-15,18-24,34-35H,6,8-10H2,1-4H3,(H,26,33)(H,37,38)(H,27,32,36)/t14-,15?,18?,19+,20?,21?,22?,23-,24?/m1/s1. The van der Waals surface area contributed by atoms with Crippen LogP contribution in [0, 0.1) is 0 Å². The number of phosphoric acid groups is 1. The molecule has 2 aliphatic rings. The van der Waals surface area contributed by atoms with Crippen molar-refractivity contribution >= 4 is 53.2 Å². The van der Waals surface area contributed by atoms with Crippen molar-refractivity contribution in [2.45, 2.75) is 82.4 Å². The SMILES string of the molecule is CSSCCC(=O)NC1C(OP(=O)(O)OC[C@H]2O[C@@H](n3ccc(=O)[nH]c3=O)C(O)[C@H]2O)OC(COC(C)=O)C(OC(C)=O)C1OC(C)=O. The lowest BCUT2D eigenvalue weighted by molar-refractivity contribution is -0.260. The molecule has 0 radical (unpaired) electrons. The van der Waals surface area contributed by atoms with Crippen LogP contribution in [0.15, 0.2) is 21.9 Å². The third kappa shape index (κ3) is 11.1. The van der Waals surface area contributed by atoms with Gasteiger partial charge in [-0.2, -0.15) is 0 Å². The molecule has 5 N–H and O–H groups in total. The van der Waals surface area contributed by atoms with Crippen LogP contribution in [-0.2, 0) is 56.5 Å². The second kappa shape index (κ2) is 17.7. The van der Waals surface area contributed by atoms with Gasteiger partial charge in [-0.25, -0.2) is 9.36 Å². The number of hydrogen-bond donors (Lipinski definition) is 5. The van der Waals surface area contributed by atoms with Crippen molar-refractivity contribution in [3.8, 4) is 0 Å². The molecule has 1 aromatic heterocycles. The molecule has 48 heavy (non-hydrogen) atoms. The Morgan fingerprint density at radius 3 is 2.27 bits per heavy atom. The molecular weight excluding hydrogens is 709 g/mol. The van der Waals surface area contributed by atoms with Gasteiger partial charge in [0.15, 0.2) is 24.7 Å². The molecule has 20 nitrogen and oxygen atoms in total. The van der Waals surface area contributed by atoms with Crippen LogP contribution in [0.25, 0.3) is 0 Å². The highest BCUT2D eigenvalue weighted by Gasteiger charge is 2.53. The second-order valence-corrected chi connectivity index (χ2v) is 14.3. The molecule has 0 bridgehead atoms. The summed E-state index contributed by atoms with van der Waals surface area (Å²) in [5.74, 6) is -2.85. The molecule has 0 saturated carbocycles. The van der Waals surface area contributed by atoms with E-state index in [0.29, 0.717) is 5.75 Å². The summed E-state index contributed by atoms with van der Waals surface area (Å²) in [5, 5.41) is 23.4. The molecule has 0 aromatic carbocycles. The van der Waals surface area contributed by atoms with E-state index in [1.54, 1.807) is 6.26 Å². The number of phosphoric ester groups is 1. The van der Waals surface area contributed by atoms with Gasteiger partial charge in [0.25, 0.3) is 5.56 Å². The van der Waals surface area contributed by atoms with Crippen molar-refractivity contribution in [1.82, 2.24) is 14.9 Å². The largest absolute Gasteiger partial charge is 0.474 e. The van der Waals surface area contributed by atoms with E-state index < -0.39 is 111 Å². The Kier molecular flexibility index (Phi) is 14.7. The predicted octanol–water partition coefficient (Wildman–Crippen LogP) is -1.67. The molecule has 270 valence electrons. The maximum absolute atomic E-state index is 13.2. The first-order valence-electron chi connectivity index (χ1n) is 14.1. The summed E-state index contributed by atoms with van der Waals surface area (Å²) >= 11 is 0. The minimum Gasteiger partial charge on any atom is -0.463 e. The van der Waals surface area contributed by atoms with E-state index in [1.165, 1.54) is 21.6 Å². The molecule has 2 aliphatic heterocycles. The van der Waals surface area contributed by atoms with Crippen LogP contribution in [-0.4, -0.2) is 123 Å². The number of amides is 1. The van der Waals surface area contributed by atoms with E-state index in [2.05, 4.69) is 5.32 Å². The smallest absolute Gasteiger partial charge is 0.463 e. The lowest BCUT2D eigenvalue weighted by atomic mass is 9.96. The normalized spacial score (nSPS) is 29.8. The molecule has 7 unspecified atom stereocenters. The Morgan fingerprint density at radius 2 is 1.67 bits per heavy atom. The van der Waals surface area contributed by atoms with Gasteiger partial charge in [-0.15, -0.1) is 0 Å². The van der Waals surface area contributed by atoms with Crippen LogP contribution in [0.3, 0.4) is 0 Å². The Labute approximate surface area is 280 Å². The van der Waals surface area contributed by atoms with Crippen LogP contribution in [0.1, 0.15) is 33.4 Å². The highest BCUT2D eigenvalue weighted by Crippen LogP contribution is 2.48. The average molecular weight is 746 g/mol. The molecule has 10 atom stereocenters. The number of aromatic amines is 1. The summed E-state index contributed by atoms with van der Waals surface area (Å²) in [5.41, 5.74) is -1.70. The van der Waals surface area contributed by atoms with E-state index in [-0.39, 0.29) is 6.42 Å². The number of esters is 3. The zero-order valence-corrected chi connectivity index (χ0v) is 28.5. The van der Waals surface area contributed by atoms with Gasteiger partial charge in [-0.3, -0.25) is 42.6 Å². The van der Waals surface area contributed by atoms with Crippen LogP contribution in [0.4, 0.5) is 0 Å². The summed E-state index contributed by atoms with van der Waals surface area (Å²) in [6.07, 6.45) is -10.3. The minimum absolute atomic E-state index is 0.0668. The number of carbonyl (C=O) groups excluding carboxylic acids is 4. The first-order chi connectivity index (χ1) is 22.5. The van der Waals surface area contributed by atoms with Crippen molar-refractivity contribution in [3.05, 3.63) is 33.1 Å². The maximum Gasteiger partial charge on any atom is 0.474 e. The molecule has 3 heterocycles. The van der Waals surface area contributed by atoms with E-state index >= 15 is 0 Å². The van der Waals surface area contributed by atoms with Crippen LogP contribution in [0.2, 0.25) is 0 Å². The Bertz CT molecular complexity index is 1480. The van der Waals surface area contributed by atoms with Gasteiger partial charge in [0.05, 0.1) is 6.61 Å². The third-order valence-corrected chi connectivity index (χ3v) is 9.42. The number of aliphatic hydroxyl groups excluding tert-OH is 2. The Balaban J connectivity index is 1.86. The summed E-state index contributed by atoms with van der Waals surface area (Å²) in [6.45, 7) is 1.60. The fraction of sp³-hybridized carbons (Fsp3) is 0.680. The molecule has 2 fully saturated rings. The molecule has 1 amide bonds. The van der Waals surface area contributed by atoms with Crippen LogP contribution in [0.5, 0.6) is 0 Å². The molecule has 0 spiro atoms. The third-order valence-electron chi connectivity index (χ3n) is 6.66. The predicted molar refractivity (Wildman–Crippen MR) is 163 cm³/mol. The second-order valence-electron chi connectivity index (χ2n) is 10.3. The number of ether oxygens (including phenoxy) is 5. The number of rotatable bonds is 15. The zero-order chi connectivity index (χ0) is 35.8. The van der Waals surface area contributed by atoms with Crippen molar-refractivity contribution in [1.29, 1.82) is 0 Å².